The number of hydrogen-bond acceptors (Lipinski definition) is 6. The van der Waals surface area contributed by atoms with Gasteiger partial charge in [0.2, 0.25) is 0 Å². The van der Waals surface area contributed by atoms with E-state index in [0.29, 0.717) is 5.75 Å². The number of carbonyl (C=O) groups excluding carboxylic acids is 1. The molecule has 0 aliphatic carbocycles. The quantitative estimate of drug-likeness (QED) is 0.589. The molecule has 8 heteroatoms. The minimum atomic E-state index is -0.567. The highest BCUT2D eigenvalue weighted by molar-refractivity contribution is 7.09. The molecule has 5 nitrogen and oxygen atoms in total. The van der Waals surface area contributed by atoms with Gasteiger partial charge in [-0.3, -0.25) is 0 Å². The van der Waals surface area contributed by atoms with E-state index in [1.54, 1.807) is 31.4 Å². The van der Waals surface area contributed by atoms with Gasteiger partial charge in [0.05, 0.1) is 7.11 Å². The maximum atomic E-state index is 11.7. The summed E-state index contributed by atoms with van der Waals surface area (Å²) in [6.45, 7) is 0.318. The summed E-state index contributed by atoms with van der Waals surface area (Å²) in [5.74, 6) is 0.832. The molecule has 0 unspecified atom stereocenters. The van der Waals surface area contributed by atoms with Gasteiger partial charge in [-0.1, -0.05) is 23.2 Å². The molecule has 0 aliphatic heterocycles. The third-order valence-electron chi connectivity index (χ3n) is 2.43. The molecule has 0 amide bonds. The molecule has 0 N–H and O–H groups in total. The first-order valence-electron chi connectivity index (χ1n) is 5.86. The van der Waals surface area contributed by atoms with Crippen LogP contribution in [0.15, 0.2) is 24.3 Å². The molecular formula is C13H11Cl2NO4S. The number of ether oxygens (including phenoxy) is 3. The van der Waals surface area contributed by atoms with Gasteiger partial charge in [0, 0.05) is 0 Å². The lowest BCUT2D eigenvalue weighted by molar-refractivity contribution is 0.0456. The molecule has 0 aliphatic rings. The monoisotopic (exact) mass is 347 g/mol. The predicted molar refractivity (Wildman–Crippen MR) is 80.9 cm³/mol. The Balaban J connectivity index is 1.76. The highest BCUT2D eigenvalue weighted by Gasteiger charge is 2.18. The molecule has 21 heavy (non-hydrogen) atoms. The largest absolute Gasteiger partial charge is 0.497 e. The van der Waals surface area contributed by atoms with Crippen molar-refractivity contribution in [2.75, 3.05) is 20.3 Å². The zero-order chi connectivity index (χ0) is 15.2. The highest BCUT2D eigenvalue weighted by atomic mass is 35.5. The molecule has 2 rings (SSSR count). The SMILES string of the molecule is COc1ccc(OCCOC(=O)c2snc(Cl)c2Cl)cc1. The number of aromatic nitrogens is 1. The lowest BCUT2D eigenvalue weighted by Crippen LogP contribution is -2.11. The fourth-order valence-electron chi connectivity index (χ4n) is 1.42. The molecule has 0 saturated carbocycles. The smallest absolute Gasteiger partial charge is 0.351 e. The molecule has 112 valence electrons. The van der Waals surface area contributed by atoms with Crippen molar-refractivity contribution in [2.24, 2.45) is 0 Å². The summed E-state index contributed by atoms with van der Waals surface area (Å²) >= 11 is 12.4. The topological polar surface area (TPSA) is 57.7 Å². The maximum absolute atomic E-state index is 11.7. The Morgan fingerprint density at radius 1 is 1.19 bits per heavy atom. The Kier molecular flexibility index (Phi) is 5.67. The Morgan fingerprint density at radius 3 is 2.43 bits per heavy atom. The second kappa shape index (κ2) is 7.49. The van der Waals surface area contributed by atoms with Gasteiger partial charge in [0.25, 0.3) is 0 Å². The van der Waals surface area contributed by atoms with Gasteiger partial charge in [0.15, 0.2) is 10.0 Å². The summed E-state index contributed by atoms with van der Waals surface area (Å²) in [5.41, 5.74) is 0. The normalized spacial score (nSPS) is 10.2. The summed E-state index contributed by atoms with van der Waals surface area (Å²) in [5, 5.41) is 0.214. The van der Waals surface area contributed by atoms with E-state index in [0.717, 1.165) is 17.3 Å². The molecule has 1 heterocycles. The van der Waals surface area contributed by atoms with Crippen LogP contribution in [0.4, 0.5) is 0 Å². The zero-order valence-electron chi connectivity index (χ0n) is 11.0. The van der Waals surface area contributed by atoms with Crippen LogP contribution in [-0.2, 0) is 4.74 Å². The Morgan fingerprint density at radius 2 is 1.86 bits per heavy atom. The minimum absolute atomic E-state index is 0.0940. The number of hydrogen-bond donors (Lipinski definition) is 0. The van der Waals surface area contributed by atoms with Crippen LogP contribution in [-0.4, -0.2) is 30.7 Å². The fourth-order valence-corrected chi connectivity index (χ4v) is 2.52. The van der Waals surface area contributed by atoms with Gasteiger partial charge in [-0.05, 0) is 35.8 Å². The van der Waals surface area contributed by atoms with Crippen molar-refractivity contribution in [1.29, 1.82) is 0 Å². The standard InChI is InChI=1S/C13H11Cl2NO4S/c1-18-8-2-4-9(5-3-8)19-6-7-20-13(17)11-10(14)12(15)16-21-11/h2-5H,6-7H2,1H3. The summed E-state index contributed by atoms with van der Waals surface area (Å²) in [7, 11) is 1.59. The van der Waals surface area contributed by atoms with E-state index in [2.05, 4.69) is 4.37 Å². The number of benzene rings is 1. The molecule has 0 fully saturated rings. The van der Waals surface area contributed by atoms with Crippen LogP contribution in [0.25, 0.3) is 0 Å². The number of rotatable bonds is 6. The van der Waals surface area contributed by atoms with Gasteiger partial charge < -0.3 is 14.2 Å². The number of nitrogens with zero attached hydrogens (tertiary/aromatic N) is 1. The first kappa shape index (κ1) is 15.9. The Hall–Kier alpha value is -1.50. The van der Waals surface area contributed by atoms with Gasteiger partial charge in [-0.2, -0.15) is 4.37 Å². The van der Waals surface area contributed by atoms with E-state index in [9.17, 15) is 4.79 Å². The second-order valence-electron chi connectivity index (χ2n) is 3.78. The van der Waals surface area contributed by atoms with Gasteiger partial charge in [-0.15, -0.1) is 0 Å². The first-order valence-corrected chi connectivity index (χ1v) is 7.39. The molecule has 0 spiro atoms. The number of methoxy groups -OCH3 is 1. The maximum Gasteiger partial charge on any atom is 0.351 e. The highest BCUT2D eigenvalue weighted by Crippen LogP contribution is 2.28. The van der Waals surface area contributed by atoms with Crippen molar-refractivity contribution in [1.82, 2.24) is 4.37 Å². The van der Waals surface area contributed by atoms with Gasteiger partial charge >= 0.3 is 5.97 Å². The number of halogens is 2. The number of esters is 1. The van der Waals surface area contributed by atoms with E-state index in [1.807, 2.05) is 0 Å². The Bertz CT molecular complexity index is 615. The van der Waals surface area contributed by atoms with E-state index in [-0.39, 0.29) is 28.3 Å². The lowest BCUT2D eigenvalue weighted by atomic mass is 10.3. The number of carbonyl (C=O) groups is 1. The van der Waals surface area contributed by atoms with Crippen molar-refractivity contribution in [2.45, 2.75) is 0 Å². The molecular weight excluding hydrogens is 337 g/mol. The van der Waals surface area contributed by atoms with Crippen molar-refractivity contribution < 1.29 is 19.0 Å². The average molecular weight is 348 g/mol. The van der Waals surface area contributed by atoms with Crippen molar-refractivity contribution in [3.05, 3.63) is 39.3 Å². The van der Waals surface area contributed by atoms with Gasteiger partial charge in [-0.25, -0.2) is 4.79 Å². The molecule has 1 aromatic carbocycles. The molecule has 1 aromatic heterocycles. The third-order valence-corrected chi connectivity index (χ3v) is 4.21. The van der Waals surface area contributed by atoms with Crippen LogP contribution in [0.5, 0.6) is 11.5 Å². The third kappa shape index (κ3) is 4.23. The van der Waals surface area contributed by atoms with Crippen molar-refractivity contribution >= 4 is 40.7 Å². The molecule has 0 bridgehead atoms. The van der Waals surface area contributed by atoms with E-state index >= 15 is 0 Å². The summed E-state index contributed by atoms with van der Waals surface area (Å²) in [4.78, 5) is 11.9. The predicted octanol–water partition coefficient (Wildman–Crippen LogP) is 3.69. The van der Waals surface area contributed by atoms with Crippen LogP contribution < -0.4 is 9.47 Å². The minimum Gasteiger partial charge on any atom is -0.497 e. The second-order valence-corrected chi connectivity index (χ2v) is 5.29. The molecule has 0 radical (unpaired) electrons. The van der Waals surface area contributed by atoms with Crippen LogP contribution in [0.2, 0.25) is 10.2 Å². The van der Waals surface area contributed by atoms with Crippen molar-refractivity contribution in [3.8, 4) is 11.5 Å². The van der Waals surface area contributed by atoms with Crippen LogP contribution in [0, 0.1) is 0 Å². The fraction of sp³-hybridized carbons (Fsp3) is 0.231. The lowest BCUT2D eigenvalue weighted by Gasteiger charge is -2.07. The van der Waals surface area contributed by atoms with Crippen molar-refractivity contribution in [3.63, 3.8) is 0 Å². The summed E-state index contributed by atoms with van der Waals surface area (Å²) in [6, 6.07) is 7.09. The Labute approximate surface area is 135 Å². The van der Waals surface area contributed by atoms with Gasteiger partial charge in [0.1, 0.15) is 29.7 Å². The molecule has 0 saturated heterocycles. The summed E-state index contributed by atoms with van der Waals surface area (Å²) < 4.78 is 19.2. The zero-order valence-corrected chi connectivity index (χ0v) is 13.3. The first-order chi connectivity index (χ1) is 10.1. The van der Waals surface area contributed by atoms with Crippen LogP contribution >= 0.6 is 34.7 Å². The molecule has 0 atom stereocenters. The summed E-state index contributed by atoms with van der Waals surface area (Å²) in [6.07, 6.45) is 0. The van der Waals surface area contributed by atoms with E-state index in [1.165, 1.54) is 0 Å². The van der Waals surface area contributed by atoms with E-state index < -0.39 is 5.97 Å². The van der Waals surface area contributed by atoms with E-state index in [4.69, 9.17) is 37.4 Å². The molecule has 2 aromatic rings. The van der Waals surface area contributed by atoms with Crippen LogP contribution in [0.3, 0.4) is 0 Å². The van der Waals surface area contributed by atoms with Crippen LogP contribution in [0.1, 0.15) is 9.67 Å². The average Bonchev–Trinajstić information content (AvgIpc) is 2.84.